The smallest absolute Gasteiger partial charge is 0.402 e. The first-order valence-corrected chi connectivity index (χ1v) is 6.98. The summed E-state index contributed by atoms with van der Waals surface area (Å²) in [6, 6.07) is 0. The third-order valence-electron chi connectivity index (χ3n) is 2.19. The van der Waals surface area contributed by atoms with Crippen molar-refractivity contribution in [3.05, 3.63) is 0 Å². The van der Waals surface area contributed by atoms with Gasteiger partial charge in [0.15, 0.2) is 0 Å². The van der Waals surface area contributed by atoms with Crippen molar-refractivity contribution in [2.75, 3.05) is 11.7 Å². The SMILES string of the molecule is CCCCCCCCCSCOB(O)O. The van der Waals surface area contributed by atoms with Crippen LogP contribution in [0.4, 0.5) is 0 Å². The van der Waals surface area contributed by atoms with E-state index in [4.69, 9.17) is 10.0 Å². The van der Waals surface area contributed by atoms with Crippen LogP contribution in [0.3, 0.4) is 0 Å². The van der Waals surface area contributed by atoms with Crippen molar-refractivity contribution < 1.29 is 14.7 Å². The fourth-order valence-corrected chi connectivity index (χ4v) is 2.07. The third-order valence-corrected chi connectivity index (χ3v) is 3.07. The van der Waals surface area contributed by atoms with E-state index >= 15 is 0 Å². The van der Waals surface area contributed by atoms with E-state index in [0.717, 1.165) is 5.75 Å². The number of rotatable bonds is 11. The molecule has 0 aromatic carbocycles. The van der Waals surface area contributed by atoms with Crippen LogP contribution < -0.4 is 0 Å². The highest BCUT2D eigenvalue weighted by molar-refractivity contribution is 7.99. The molecule has 0 saturated heterocycles. The summed E-state index contributed by atoms with van der Waals surface area (Å²) >= 11 is 1.61. The van der Waals surface area contributed by atoms with E-state index in [2.05, 4.69) is 11.6 Å². The molecule has 0 aliphatic carbocycles. The number of thioether (sulfide) groups is 1. The molecule has 0 rings (SSSR count). The van der Waals surface area contributed by atoms with Gasteiger partial charge < -0.3 is 14.7 Å². The first-order valence-electron chi connectivity index (χ1n) is 5.83. The van der Waals surface area contributed by atoms with Gasteiger partial charge in [-0.25, -0.2) is 0 Å². The van der Waals surface area contributed by atoms with Crippen molar-refractivity contribution >= 4 is 19.1 Å². The van der Waals surface area contributed by atoms with Gasteiger partial charge in [-0.2, -0.15) is 0 Å². The monoisotopic (exact) mass is 234 g/mol. The molecule has 0 saturated carbocycles. The van der Waals surface area contributed by atoms with Gasteiger partial charge in [-0.15, -0.1) is 11.8 Å². The van der Waals surface area contributed by atoms with Crippen LogP contribution in [0.5, 0.6) is 0 Å². The Hall–Kier alpha value is 0.295. The molecule has 5 heteroatoms. The average Bonchev–Trinajstić information content (AvgIpc) is 2.20. The zero-order valence-electron chi connectivity index (χ0n) is 9.65. The molecule has 0 spiro atoms. The van der Waals surface area contributed by atoms with E-state index in [1.165, 1.54) is 44.9 Å². The van der Waals surface area contributed by atoms with Gasteiger partial charge in [0.1, 0.15) is 0 Å². The molecule has 0 atom stereocenters. The second-order valence-corrected chi connectivity index (χ2v) is 4.69. The van der Waals surface area contributed by atoms with Crippen LogP contribution in [0.15, 0.2) is 0 Å². The van der Waals surface area contributed by atoms with Crippen molar-refractivity contribution in [3.8, 4) is 0 Å². The molecule has 0 fully saturated rings. The Morgan fingerprint density at radius 1 is 1.00 bits per heavy atom. The van der Waals surface area contributed by atoms with E-state index in [1.807, 2.05) is 0 Å². The predicted octanol–water partition coefficient (Wildman–Crippen LogP) is 2.41. The number of hydrogen-bond acceptors (Lipinski definition) is 4. The summed E-state index contributed by atoms with van der Waals surface area (Å²) in [5.41, 5.74) is 0. The highest BCUT2D eigenvalue weighted by Gasteiger charge is 2.06. The van der Waals surface area contributed by atoms with E-state index in [1.54, 1.807) is 11.8 Å². The van der Waals surface area contributed by atoms with Crippen LogP contribution in [0, 0.1) is 0 Å². The number of unbranched alkanes of at least 4 members (excludes halogenated alkanes) is 6. The molecule has 0 aromatic rings. The Labute approximate surface area is 97.8 Å². The van der Waals surface area contributed by atoms with Gasteiger partial charge in [-0.3, -0.25) is 0 Å². The molecule has 0 unspecified atom stereocenters. The molecular weight excluding hydrogens is 211 g/mol. The fourth-order valence-electron chi connectivity index (χ4n) is 1.33. The minimum Gasteiger partial charge on any atom is -0.402 e. The molecule has 0 heterocycles. The van der Waals surface area contributed by atoms with Crippen molar-refractivity contribution in [1.82, 2.24) is 0 Å². The van der Waals surface area contributed by atoms with Gasteiger partial charge in [0.2, 0.25) is 0 Å². The molecule has 0 aromatic heterocycles. The van der Waals surface area contributed by atoms with E-state index in [-0.39, 0.29) is 0 Å². The largest absolute Gasteiger partial charge is 0.634 e. The van der Waals surface area contributed by atoms with Crippen molar-refractivity contribution in [2.24, 2.45) is 0 Å². The molecular formula is C10H23BO3S. The topological polar surface area (TPSA) is 49.7 Å². The minimum atomic E-state index is -1.62. The molecule has 0 radical (unpaired) electrons. The van der Waals surface area contributed by atoms with Crippen molar-refractivity contribution in [2.45, 2.75) is 51.9 Å². The Kier molecular flexibility index (Phi) is 12.6. The van der Waals surface area contributed by atoms with Gasteiger partial charge in [-0.05, 0) is 12.2 Å². The second kappa shape index (κ2) is 12.4. The summed E-state index contributed by atoms with van der Waals surface area (Å²) in [4.78, 5) is 0. The highest BCUT2D eigenvalue weighted by Crippen LogP contribution is 2.10. The zero-order valence-corrected chi connectivity index (χ0v) is 10.5. The van der Waals surface area contributed by atoms with Crippen LogP contribution in [0.2, 0.25) is 0 Å². The summed E-state index contributed by atoms with van der Waals surface area (Å²) in [7, 11) is -1.62. The lowest BCUT2D eigenvalue weighted by Gasteiger charge is -2.03. The van der Waals surface area contributed by atoms with Gasteiger partial charge in [0, 0.05) is 0 Å². The summed E-state index contributed by atoms with van der Waals surface area (Å²) in [5.74, 6) is 1.41. The molecule has 15 heavy (non-hydrogen) atoms. The van der Waals surface area contributed by atoms with Crippen LogP contribution in [-0.4, -0.2) is 29.1 Å². The fraction of sp³-hybridized carbons (Fsp3) is 1.00. The van der Waals surface area contributed by atoms with Crippen LogP contribution in [-0.2, 0) is 4.65 Å². The first-order chi connectivity index (χ1) is 7.27. The van der Waals surface area contributed by atoms with Crippen LogP contribution in [0.1, 0.15) is 51.9 Å². The maximum absolute atomic E-state index is 8.40. The van der Waals surface area contributed by atoms with Crippen molar-refractivity contribution in [1.29, 1.82) is 0 Å². The summed E-state index contributed by atoms with van der Waals surface area (Å²) in [5, 5.41) is 16.8. The third kappa shape index (κ3) is 14.3. The Morgan fingerprint density at radius 2 is 1.60 bits per heavy atom. The molecule has 2 N–H and O–H groups in total. The molecule has 0 aliphatic heterocycles. The summed E-state index contributed by atoms with van der Waals surface area (Å²) < 4.78 is 4.58. The maximum Gasteiger partial charge on any atom is 0.634 e. The molecule has 90 valence electrons. The van der Waals surface area contributed by atoms with Gasteiger partial charge in [-0.1, -0.05) is 45.4 Å². The van der Waals surface area contributed by atoms with E-state index < -0.39 is 7.32 Å². The standard InChI is InChI=1S/C10H23BO3S/c1-2-3-4-5-6-7-8-9-15-10-14-11(12)13/h12-13H,2-10H2,1H3. The molecule has 0 bridgehead atoms. The molecule has 3 nitrogen and oxygen atoms in total. The van der Waals surface area contributed by atoms with Gasteiger partial charge >= 0.3 is 7.32 Å². The van der Waals surface area contributed by atoms with E-state index in [0.29, 0.717) is 5.94 Å². The average molecular weight is 234 g/mol. The summed E-state index contributed by atoms with van der Waals surface area (Å²) in [6.45, 7) is 2.23. The second-order valence-electron chi connectivity index (χ2n) is 3.64. The lowest BCUT2D eigenvalue weighted by Crippen LogP contribution is -2.16. The number of hydrogen-bond donors (Lipinski definition) is 2. The Bertz CT molecular complexity index is 125. The van der Waals surface area contributed by atoms with E-state index in [9.17, 15) is 0 Å². The minimum absolute atomic E-state index is 0.369. The quantitative estimate of drug-likeness (QED) is 0.327. The lowest BCUT2D eigenvalue weighted by atomic mass is 10.1. The summed E-state index contributed by atoms with van der Waals surface area (Å²) in [6.07, 6.45) is 9.17. The van der Waals surface area contributed by atoms with Gasteiger partial charge in [0.25, 0.3) is 0 Å². The zero-order chi connectivity index (χ0) is 11.4. The van der Waals surface area contributed by atoms with Gasteiger partial charge in [0.05, 0.1) is 5.94 Å². The molecule has 0 amide bonds. The van der Waals surface area contributed by atoms with Crippen LogP contribution in [0.25, 0.3) is 0 Å². The molecule has 0 aliphatic rings. The Morgan fingerprint density at radius 3 is 2.20 bits per heavy atom. The predicted molar refractivity (Wildman–Crippen MR) is 66.6 cm³/mol. The normalized spacial score (nSPS) is 10.6. The lowest BCUT2D eigenvalue weighted by molar-refractivity contribution is 0.220. The first kappa shape index (κ1) is 15.3. The Balaban J connectivity index is 2.87. The maximum atomic E-state index is 8.40. The van der Waals surface area contributed by atoms with Crippen LogP contribution >= 0.6 is 11.8 Å². The van der Waals surface area contributed by atoms with Crippen molar-refractivity contribution in [3.63, 3.8) is 0 Å². The highest BCUT2D eigenvalue weighted by atomic mass is 32.2.